The van der Waals surface area contributed by atoms with Crippen LogP contribution in [0.4, 0.5) is 5.69 Å². The second-order valence-electron chi connectivity index (χ2n) is 3.90. The van der Waals surface area contributed by atoms with Gasteiger partial charge in [0, 0.05) is 35.5 Å². The highest BCUT2D eigenvalue weighted by atomic mass is 79.9. The molecule has 0 fully saturated rings. The lowest BCUT2D eigenvalue weighted by Gasteiger charge is -2.18. The Bertz CT molecular complexity index is 344. The van der Waals surface area contributed by atoms with Gasteiger partial charge in [0.2, 0.25) is 0 Å². The molecule has 96 valence electrons. The first-order valence-corrected chi connectivity index (χ1v) is 6.59. The first-order chi connectivity index (χ1) is 8.19. The van der Waals surface area contributed by atoms with Gasteiger partial charge >= 0.3 is 0 Å². The zero-order valence-electron chi connectivity index (χ0n) is 10.6. The number of hydrogen-bond donors (Lipinski definition) is 1. The third kappa shape index (κ3) is 4.66. The summed E-state index contributed by atoms with van der Waals surface area (Å²) in [4.78, 5) is 0. The first-order valence-electron chi connectivity index (χ1n) is 5.79. The van der Waals surface area contributed by atoms with Crippen LogP contribution < -0.4 is 5.32 Å². The molecular weight excluding hydrogens is 282 g/mol. The van der Waals surface area contributed by atoms with Crippen LogP contribution in [0.1, 0.15) is 19.4 Å². The number of nitrogens with one attached hydrogen (secondary N) is 1. The van der Waals surface area contributed by atoms with Crippen molar-refractivity contribution in [3.63, 3.8) is 0 Å². The van der Waals surface area contributed by atoms with Crippen molar-refractivity contribution in [2.45, 2.75) is 26.5 Å². The minimum absolute atomic E-state index is 0.278. The smallest absolute Gasteiger partial charge is 0.0744 e. The highest BCUT2D eigenvalue weighted by Crippen LogP contribution is 2.26. The molecule has 0 saturated heterocycles. The molecule has 1 aromatic rings. The molecule has 1 unspecified atom stereocenters. The lowest BCUT2D eigenvalue weighted by Crippen LogP contribution is -2.22. The molecular formula is C13H20BrNO2. The summed E-state index contributed by atoms with van der Waals surface area (Å²) in [5, 5.41) is 3.44. The standard InChI is InChI=1S/C13H20BrNO2/c1-4-17-8-10(2)15-13-7-5-6-12(14)11(13)9-16-3/h5-7,10,15H,4,8-9H2,1-3H3. The molecule has 17 heavy (non-hydrogen) atoms. The summed E-state index contributed by atoms with van der Waals surface area (Å²) < 4.78 is 11.7. The minimum atomic E-state index is 0.278. The van der Waals surface area contributed by atoms with Gasteiger partial charge in [-0.25, -0.2) is 0 Å². The van der Waals surface area contributed by atoms with Gasteiger partial charge in [-0.15, -0.1) is 0 Å². The van der Waals surface area contributed by atoms with Gasteiger partial charge in [0.1, 0.15) is 0 Å². The Morgan fingerprint density at radius 3 is 2.82 bits per heavy atom. The van der Waals surface area contributed by atoms with Crippen LogP contribution in [-0.4, -0.2) is 26.4 Å². The molecule has 0 saturated carbocycles. The molecule has 1 atom stereocenters. The van der Waals surface area contributed by atoms with E-state index in [0.717, 1.165) is 22.3 Å². The Hall–Kier alpha value is -0.580. The summed E-state index contributed by atoms with van der Waals surface area (Å²) in [5.74, 6) is 0. The van der Waals surface area contributed by atoms with E-state index in [4.69, 9.17) is 9.47 Å². The summed E-state index contributed by atoms with van der Waals surface area (Å²) in [7, 11) is 1.70. The van der Waals surface area contributed by atoms with Gasteiger partial charge in [-0.2, -0.15) is 0 Å². The normalized spacial score (nSPS) is 12.5. The fraction of sp³-hybridized carbons (Fsp3) is 0.538. The van der Waals surface area contributed by atoms with Gasteiger partial charge in [0.05, 0.1) is 13.2 Å². The monoisotopic (exact) mass is 301 g/mol. The van der Waals surface area contributed by atoms with Crippen molar-refractivity contribution in [3.8, 4) is 0 Å². The van der Waals surface area contributed by atoms with Crippen LogP contribution in [0.25, 0.3) is 0 Å². The van der Waals surface area contributed by atoms with Crippen LogP contribution in [0.15, 0.2) is 22.7 Å². The van der Waals surface area contributed by atoms with Crippen molar-refractivity contribution in [1.29, 1.82) is 0 Å². The number of hydrogen-bond acceptors (Lipinski definition) is 3. The van der Waals surface area contributed by atoms with Crippen LogP contribution in [0.2, 0.25) is 0 Å². The Kier molecular flexibility index (Phi) is 6.55. The predicted molar refractivity (Wildman–Crippen MR) is 74.4 cm³/mol. The molecule has 0 aliphatic heterocycles. The van der Waals surface area contributed by atoms with E-state index in [2.05, 4.69) is 34.2 Å². The molecule has 1 rings (SSSR count). The molecule has 0 aliphatic rings. The summed E-state index contributed by atoms with van der Waals surface area (Å²) in [6.07, 6.45) is 0. The molecule has 1 aromatic carbocycles. The maximum atomic E-state index is 5.39. The second kappa shape index (κ2) is 7.69. The molecule has 0 amide bonds. The largest absolute Gasteiger partial charge is 0.380 e. The van der Waals surface area contributed by atoms with E-state index in [1.54, 1.807) is 7.11 Å². The SMILES string of the molecule is CCOCC(C)Nc1cccc(Br)c1COC. The van der Waals surface area contributed by atoms with E-state index in [9.17, 15) is 0 Å². The average molecular weight is 302 g/mol. The van der Waals surface area contributed by atoms with Crippen LogP contribution in [0.3, 0.4) is 0 Å². The lowest BCUT2D eigenvalue weighted by molar-refractivity contribution is 0.141. The number of methoxy groups -OCH3 is 1. The van der Waals surface area contributed by atoms with Crippen LogP contribution in [0, 0.1) is 0 Å². The number of rotatable bonds is 7. The summed E-state index contributed by atoms with van der Waals surface area (Å²) in [5.41, 5.74) is 2.23. The van der Waals surface area contributed by atoms with Crippen molar-refractivity contribution in [3.05, 3.63) is 28.2 Å². The van der Waals surface area contributed by atoms with Gasteiger partial charge in [0.15, 0.2) is 0 Å². The quantitative estimate of drug-likeness (QED) is 0.837. The Balaban J connectivity index is 2.72. The van der Waals surface area contributed by atoms with Gasteiger partial charge in [-0.1, -0.05) is 22.0 Å². The zero-order chi connectivity index (χ0) is 12.7. The molecule has 4 heteroatoms. The van der Waals surface area contributed by atoms with Crippen molar-refractivity contribution in [2.24, 2.45) is 0 Å². The summed E-state index contributed by atoms with van der Waals surface area (Å²) >= 11 is 3.54. The number of halogens is 1. The highest BCUT2D eigenvalue weighted by molar-refractivity contribution is 9.10. The zero-order valence-corrected chi connectivity index (χ0v) is 12.2. The van der Waals surface area contributed by atoms with E-state index in [1.807, 2.05) is 19.1 Å². The maximum absolute atomic E-state index is 5.39. The van der Waals surface area contributed by atoms with Gasteiger partial charge in [0.25, 0.3) is 0 Å². The van der Waals surface area contributed by atoms with Crippen LogP contribution >= 0.6 is 15.9 Å². The molecule has 0 heterocycles. The minimum Gasteiger partial charge on any atom is -0.380 e. The Labute approximate surface area is 112 Å². The fourth-order valence-corrected chi connectivity index (χ4v) is 2.07. The molecule has 1 N–H and O–H groups in total. The van der Waals surface area contributed by atoms with Gasteiger partial charge < -0.3 is 14.8 Å². The Morgan fingerprint density at radius 1 is 1.41 bits per heavy atom. The fourth-order valence-electron chi connectivity index (χ4n) is 1.59. The van der Waals surface area contributed by atoms with Crippen molar-refractivity contribution in [2.75, 3.05) is 25.6 Å². The van der Waals surface area contributed by atoms with Gasteiger partial charge in [-0.05, 0) is 26.0 Å². The molecule has 0 radical (unpaired) electrons. The van der Waals surface area contributed by atoms with E-state index in [-0.39, 0.29) is 6.04 Å². The lowest BCUT2D eigenvalue weighted by atomic mass is 10.1. The predicted octanol–water partition coefficient (Wildman–Crippen LogP) is 3.43. The van der Waals surface area contributed by atoms with E-state index in [1.165, 1.54) is 0 Å². The third-order valence-electron chi connectivity index (χ3n) is 2.38. The maximum Gasteiger partial charge on any atom is 0.0744 e. The first kappa shape index (κ1) is 14.5. The number of benzene rings is 1. The van der Waals surface area contributed by atoms with E-state index < -0.39 is 0 Å². The molecule has 0 bridgehead atoms. The molecule has 3 nitrogen and oxygen atoms in total. The second-order valence-corrected chi connectivity index (χ2v) is 4.76. The molecule has 0 aromatic heterocycles. The van der Waals surface area contributed by atoms with Crippen molar-refractivity contribution >= 4 is 21.6 Å². The van der Waals surface area contributed by atoms with Crippen molar-refractivity contribution < 1.29 is 9.47 Å². The van der Waals surface area contributed by atoms with E-state index in [0.29, 0.717) is 13.2 Å². The average Bonchev–Trinajstić information content (AvgIpc) is 2.31. The van der Waals surface area contributed by atoms with Crippen LogP contribution in [0.5, 0.6) is 0 Å². The summed E-state index contributed by atoms with van der Waals surface area (Å²) in [6, 6.07) is 6.37. The summed E-state index contributed by atoms with van der Waals surface area (Å²) in [6.45, 7) is 6.14. The molecule has 0 aliphatic carbocycles. The topological polar surface area (TPSA) is 30.5 Å². The number of ether oxygens (including phenoxy) is 2. The van der Waals surface area contributed by atoms with Crippen molar-refractivity contribution in [1.82, 2.24) is 0 Å². The van der Waals surface area contributed by atoms with E-state index >= 15 is 0 Å². The van der Waals surface area contributed by atoms with Gasteiger partial charge in [-0.3, -0.25) is 0 Å². The Morgan fingerprint density at radius 2 is 2.18 bits per heavy atom. The third-order valence-corrected chi connectivity index (χ3v) is 3.12. The highest BCUT2D eigenvalue weighted by Gasteiger charge is 2.09. The number of anilines is 1. The van der Waals surface area contributed by atoms with Crippen LogP contribution in [-0.2, 0) is 16.1 Å². The molecule has 0 spiro atoms.